The van der Waals surface area contributed by atoms with Crippen molar-refractivity contribution in [3.63, 3.8) is 0 Å². The summed E-state index contributed by atoms with van der Waals surface area (Å²) in [7, 11) is 0. The third-order valence-electron chi connectivity index (χ3n) is 5.74. The number of Topliss-reactive ketones (excluding diaryl/α,β-unsaturated/α-hetero) is 1. The zero-order valence-corrected chi connectivity index (χ0v) is 20.1. The number of halogens is 3. The highest BCUT2D eigenvalue weighted by Gasteiger charge is 2.44. The molecule has 4 rings (SSSR count). The molecule has 0 bridgehead atoms. The van der Waals surface area contributed by atoms with Crippen LogP contribution in [-0.2, 0) is 4.79 Å². The smallest absolute Gasteiger partial charge is 0.162 e. The third-order valence-corrected chi connectivity index (χ3v) is 7.01. The zero-order valence-electron chi connectivity index (χ0n) is 17.0. The van der Waals surface area contributed by atoms with Gasteiger partial charge in [-0.3, -0.25) is 9.69 Å². The van der Waals surface area contributed by atoms with Crippen molar-refractivity contribution in [3.8, 4) is 6.07 Å². The number of rotatable bonds is 2. The van der Waals surface area contributed by atoms with Crippen LogP contribution in [0.4, 0.5) is 5.69 Å². The van der Waals surface area contributed by atoms with Crippen LogP contribution in [0.1, 0.15) is 38.2 Å². The first-order valence-corrected chi connectivity index (χ1v) is 11.3. The Morgan fingerprint density at radius 3 is 2.42 bits per heavy atom. The third kappa shape index (κ3) is 3.89. The van der Waals surface area contributed by atoms with Gasteiger partial charge in [0.25, 0.3) is 0 Å². The predicted octanol–water partition coefficient (Wildman–Crippen LogP) is 6.70. The van der Waals surface area contributed by atoms with E-state index in [1.54, 1.807) is 18.2 Å². The molecule has 158 valence electrons. The van der Waals surface area contributed by atoms with Crippen LogP contribution in [0.3, 0.4) is 0 Å². The van der Waals surface area contributed by atoms with Gasteiger partial charge >= 0.3 is 0 Å². The first-order chi connectivity index (χ1) is 14.6. The summed E-state index contributed by atoms with van der Waals surface area (Å²) in [6, 6.07) is 15.1. The van der Waals surface area contributed by atoms with Gasteiger partial charge in [-0.05, 0) is 53.8 Å². The molecule has 0 amide bonds. The van der Waals surface area contributed by atoms with E-state index >= 15 is 0 Å². The molecule has 0 saturated heterocycles. The lowest BCUT2D eigenvalue weighted by Crippen LogP contribution is -2.42. The number of nitriles is 1. The molecular formula is C24H20BrCl2N3O. The zero-order chi connectivity index (χ0) is 22.5. The van der Waals surface area contributed by atoms with Gasteiger partial charge in [0.2, 0.25) is 0 Å². The number of allylic oxidation sites excluding steroid dienone is 3. The fourth-order valence-corrected chi connectivity index (χ4v) is 4.99. The summed E-state index contributed by atoms with van der Waals surface area (Å²) in [5.74, 6) is -0.236. The van der Waals surface area contributed by atoms with Gasteiger partial charge in [-0.25, -0.2) is 0 Å². The molecule has 0 radical (unpaired) electrons. The van der Waals surface area contributed by atoms with E-state index in [1.165, 1.54) is 0 Å². The minimum absolute atomic E-state index is 0.0182. The van der Waals surface area contributed by atoms with Crippen molar-refractivity contribution >= 4 is 50.6 Å². The van der Waals surface area contributed by atoms with Crippen LogP contribution in [-0.4, -0.2) is 5.78 Å². The lowest BCUT2D eigenvalue weighted by Gasteiger charge is -2.43. The Hall–Kier alpha value is -2.26. The minimum Gasteiger partial charge on any atom is -0.384 e. The van der Waals surface area contributed by atoms with Gasteiger partial charge in [0, 0.05) is 27.9 Å². The number of hydrogen-bond acceptors (Lipinski definition) is 4. The molecular weight excluding hydrogens is 497 g/mol. The predicted molar refractivity (Wildman–Crippen MR) is 128 cm³/mol. The van der Waals surface area contributed by atoms with Crippen molar-refractivity contribution in [1.82, 2.24) is 0 Å². The summed E-state index contributed by atoms with van der Waals surface area (Å²) in [4.78, 5) is 15.3. The van der Waals surface area contributed by atoms with E-state index in [1.807, 2.05) is 29.2 Å². The molecule has 0 saturated carbocycles. The number of carbonyl (C=O) groups excluding carboxylic acids is 1. The summed E-state index contributed by atoms with van der Waals surface area (Å²) in [6.45, 7) is 4.14. The molecule has 2 N–H and O–H groups in total. The largest absolute Gasteiger partial charge is 0.384 e. The summed E-state index contributed by atoms with van der Waals surface area (Å²) < 4.78 is 0.930. The quantitative estimate of drug-likeness (QED) is 0.482. The van der Waals surface area contributed by atoms with Gasteiger partial charge in [0.15, 0.2) is 5.78 Å². The van der Waals surface area contributed by atoms with Crippen molar-refractivity contribution in [2.45, 2.75) is 32.6 Å². The summed E-state index contributed by atoms with van der Waals surface area (Å²) in [5.41, 5.74) is 9.67. The topological polar surface area (TPSA) is 70.1 Å². The first kappa shape index (κ1) is 22.0. The van der Waals surface area contributed by atoms with Crippen LogP contribution in [0.2, 0.25) is 10.0 Å². The van der Waals surface area contributed by atoms with E-state index < -0.39 is 5.92 Å². The van der Waals surface area contributed by atoms with Gasteiger partial charge in [-0.1, -0.05) is 59.0 Å². The number of nitrogens with zero attached hydrogens (tertiary/aromatic N) is 2. The second kappa shape index (κ2) is 8.02. The Morgan fingerprint density at radius 2 is 1.81 bits per heavy atom. The van der Waals surface area contributed by atoms with Gasteiger partial charge in [-0.2, -0.15) is 5.26 Å². The highest BCUT2D eigenvalue weighted by Crippen LogP contribution is 2.50. The van der Waals surface area contributed by atoms with E-state index in [2.05, 4.69) is 35.8 Å². The molecule has 2 aromatic rings. The van der Waals surface area contributed by atoms with Crippen molar-refractivity contribution in [3.05, 3.63) is 85.2 Å². The van der Waals surface area contributed by atoms with Crippen molar-refractivity contribution in [1.29, 1.82) is 5.26 Å². The number of nitrogens with two attached hydrogens (primary N) is 1. The van der Waals surface area contributed by atoms with Crippen molar-refractivity contribution < 1.29 is 4.79 Å². The van der Waals surface area contributed by atoms with Gasteiger partial charge < -0.3 is 5.73 Å². The molecule has 1 unspecified atom stereocenters. The molecule has 1 aliphatic heterocycles. The molecule has 7 heteroatoms. The number of ketones is 1. The minimum atomic E-state index is -0.579. The Kier molecular flexibility index (Phi) is 5.68. The highest BCUT2D eigenvalue weighted by atomic mass is 79.9. The number of anilines is 1. The maximum absolute atomic E-state index is 13.5. The lowest BCUT2D eigenvalue weighted by molar-refractivity contribution is -0.118. The fourth-order valence-electron chi connectivity index (χ4n) is 4.42. The summed E-state index contributed by atoms with van der Waals surface area (Å²) in [6.07, 6.45) is 1.05. The van der Waals surface area contributed by atoms with E-state index in [-0.39, 0.29) is 11.2 Å². The molecule has 1 heterocycles. The van der Waals surface area contributed by atoms with E-state index in [0.29, 0.717) is 39.9 Å². The standard InChI is InChI=1S/C24H20BrCl2N3O/c1-24(2)10-19-22(20(31)11-24)21(13-3-8-17(26)18(27)9-13)16(12-28)23(29)30(19)15-6-4-14(25)5-7-15/h3-9,21H,10-11,29H2,1-2H3. The average molecular weight is 517 g/mol. The second-order valence-corrected chi connectivity index (χ2v) is 10.4. The summed E-state index contributed by atoms with van der Waals surface area (Å²) >= 11 is 15.8. The van der Waals surface area contributed by atoms with Crippen LogP contribution in [0, 0.1) is 16.7 Å². The monoisotopic (exact) mass is 515 g/mol. The molecule has 2 aromatic carbocycles. The number of hydrogen-bond donors (Lipinski definition) is 1. The van der Waals surface area contributed by atoms with Gasteiger partial charge in [-0.15, -0.1) is 0 Å². The Labute approximate surface area is 200 Å². The van der Waals surface area contributed by atoms with Crippen LogP contribution < -0.4 is 10.6 Å². The van der Waals surface area contributed by atoms with Crippen LogP contribution in [0.25, 0.3) is 0 Å². The van der Waals surface area contributed by atoms with Crippen LogP contribution in [0.15, 0.2) is 69.6 Å². The number of carbonyl (C=O) groups is 1. The maximum Gasteiger partial charge on any atom is 0.162 e. The van der Waals surface area contributed by atoms with Gasteiger partial charge in [0.05, 0.1) is 27.6 Å². The molecule has 2 aliphatic rings. The van der Waals surface area contributed by atoms with Gasteiger partial charge in [0.1, 0.15) is 5.82 Å². The van der Waals surface area contributed by atoms with E-state index in [9.17, 15) is 10.1 Å². The SMILES string of the molecule is CC1(C)CC(=O)C2=C(C1)N(c1ccc(Br)cc1)C(N)=C(C#N)C2c1ccc(Cl)c(Cl)c1. The molecule has 0 aromatic heterocycles. The van der Waals surface area contributed by atoms with Crippen molar-refractivity contribution in [2.75, 3.05) is 4.90 Å². The van der Waals surface area contributed by atoms with E-state index in [0.717, 1.165) is 21.4 Å². The first-order valence-electron chi connectivity index (χ1n) is 9.79. The normalized spacial score (nSPS) is 20.6. The average Bonchev–Trinajstić information content (AvgIpc) is 2.69. The molecule has 31 heavy (non-hydrogen) atoms. The van der Waals surface area contributed by atoms with Crippen molar-refractivity contribution in [2.24, 2.45) is 11.1 Å². The second-order valence-electron chi connectivity index (χ2n) is 8.63. The number of benzene rings is 2. The molecule has 1 atom stereocenters. The molecule has 4 nitrogen and oxygen atoms in total. The Bertz CT molecular complexity index is 1190. The molecule has 0 spiro atoms. The highest BCUT2D eigenvalue weighted by molar-refractivity contribution is 9.10. The Balaban J connectivity index is 2.00. The fraction of sp³-hybridized carbons (Fsp3) is 0.250. The molecule has 0 fully saturated rings. The van der Waals surface area contributed by atoms with E-state index in [4.69, 9.17) is 28.9 Å². The summed E-state index contributed by atoms with van der Waals surface area (Å²) in [5, 5.41) is 10.9. The van der Waals surface area contributed by atoms with Crippen LogP contribution >= 0.6 is 39.1 Å². The lowest BCUT2D eigenvalue weighted by atomic mass is 9.68. The van der Waals surface area contributed by atoms with Crippen LogP contribution in [0.5, 0.6) is 0 Å². The maximum atomic E-state index is 13.5. The molecule has 1 aliphatic carbocycles. The Morgan fingerprint density at radius 1 is 1.13 bits per heavy atom.